The molecule has 4 nitrogen and oxygen atoms in total. The molecule has 0 aliphatic carbocycles. The first kappa shape index (κ1) is 10.2. The lowest BCUT2D eigenvalue weighted by Gasteiger charge is -2.13. The molecule has 0 spiro atoms. The number of benzene rings is 1. The number of nitrogen functional groups attached to an aromatic ring is 1. The largest absolute Gasteiger partial charge is 0.336 e. The van der Waals surface area contributed by atoms with E-state index in [2.05, 4.69) is 42.4 Å². The fourth-order valence-electron chi connectivity index (χ4n) is 2.06. The van der Waals surface area contributed by atoms with Gasteiger partial charge in [-0.15, -0.1) is 0 Å². The normalized spacial score (nSPS) is 12.6. The van der Waals surface area contributed by atoms with Gasteiger partial charge in [0, 0.05) is 11.6 Å². The third-order valence-electron chi connectivity index (χ3n) is 3.07. The molecule has 2 heterocycles. The molecule has 0 saturated heterocycles. The van der Waals surface area contributed by atoms with Crippen LogP contribution in [0.3, 0.4) is 0 Å². The fraction of sp³-hybridized carbons (Fsp3) is 0.308. The second-order valence-corrected chi connectivity index (χ2v) is 5.40. The Morgan fingerprint density at radius 1 is 1.12 bits per heavy atom. The lowest BCUT2D eigenvalue weighted by Crippen LogP contribution is -2.12. The predicted octanol–water partition coefficient (Wildman–Crippen LogP) is 2.30. The molecule has 0 atom stereocenters. The number of para-hydroxylation sites is 2. The lowest BCUT2D eigenvalue weighted by atomic mass is 9.93. The number of imidazole rings is 2. The van der Waals surface area contributed by atoms with E-state index in [0.29, 0.717) is 0 Å². The van der Waals surface area contributed by atoms with Crippen LogP contribution < -0.4 is 5.84 Å². The van der Waals surface area contributed by atoms with Crippen molar-refractivity contribution in [3.63, 3.8) is 0 Å². The molecule has 0 aliphatic heterocycles. The van der Waals surface area contributed by atoms with Crippen LogP contribution in [0, 0.1) is 0 Å². The van der Waals surface area contributed by atoms with Crippen molar-refractivity contribution >= 4 is 16.8 Å². The molecule has 0 saturated carbocycles. The van der Waals surface area contributed by atoms with Crippen molar-refractivity contribution in [1.29, 1.82) is 0 Å². The summed E-state index contributed by atoms with van der Waals surface area (Å²) in [4.78, 5) is 4.62. The number of hydrogen-bond acceptors (Lipinski definition) is 2. The van der Waals surface area contributed by atoms with Gasteiger partial charge in [-0.3, -0.25) is 4.40 Å². The van der Waals surface area contributed by atoms with Crippen molar-refractivity contribution in [3.05, 3.63) is 36.2 Å². The van der Waals surface area contributed by atoms with E-state index >= 15 is 0 Å². The monoisotopic (exact) mass is 228 g/mol. The van der Waals surface area contributed by atoms with Crippen molar-refractivity contribution in [2.75, 3.05) is 5.84 Å². The molecule has 88 valence electrons. The zero-order chi connectivity index (χ0) is 12.2. The minimum absolute atomic E-state index is 0.0348. The Hall–Kier alpha value is -1.97. The minimum Gasteiger partial charge on any atom is -0.336 e. The number of nitrogens with two attached hydrogens (primary N) is 1. The number of fused-ring (bicyclic) bond motifs is 3. The summed E-state index contributed by atoms with van der Waals surface area (Å²) in [6.07, 6.45) is 2.07. The quantitative estimate of drug-likeness (QED) is 0.600. The second-order valence-electron chi connectivity index (χ2n) is 5.40. The molecule has 17 heavy (non-hydrogen) atoms. The van der Waals surface area contributed by atoms with Gasteiger partial charge in [-0.1, -0.05) is 32.9 Å². The highest BCUT2D eigenvalue weighted by Crippen LogP contribution is 2.25. The van der Waals surface area contributed by atoms with Crippen LogP contribution in [0.1, 0.15) is 26.5 Å². The first-order valence-corrected chi connectivity index (χ1v) is 5.72. The molecule has 3 aromatic rings. The van der Waals surface area contributed by atoms with E-state index in [1.807, 2.05) is 18.2 Å². The molecular weight excluding hydrogens is 212 g/mol. The summed E-state index contributed by atoms with van der Waals surface area (Å²) in [6.45, 7) is 6.45. The standard InChI is InChI=1S/C13H16N4/c1-13(2,3)11-8-16-9-6-4-5-7-10(9)17(14)12(16)15-11/h4-8H,14H2,1-3H3. The molecule has 2 N–H and O–H groups in total. The molecule has 0 amide bonds. The Kier molecular flexibility index (Phi) is 1.82. The average Bonchev–Trinajstić information content (AvgIpc) is 2.80. The Bertz CT molecular complexity index is 697. The summed E-state index contributed by atoms with van der Waals surface area (Å²) in [5.41, 5.74) is 3.17. The van der Waals surface area contributed by atoms with E-state index in [1.165, 1.54) is 0 Å². The Labute approximate surface area is 99.6 Å². The van der Waals surface area contributed by atoms with Crippen molar-refractivity contribution < 1.29 is 0 Å². The smallest absolute Gasteiger partial charge is 0.234 e. The predicted molar refractivity (Wildman–Crippen MR) is 69.5 cm³/mol. The third-order valence-corrected chi connectivity index (χ3v) is 3.07. The highest BCUT2D eigenvalue weighted by Gasteiger charge is 2.20. The first-order chi connectivity index (χ1) is 7.98. The maximum absolute atomic E-state index is 6.06. The van der Waals surface area contributed by atoms with E-state index in [4.69, 9.17) is 5.84 Å². The summed E-state index contributed by atoms with van der Waals surface area (Å²) in [7, 11) is 0. The van der Waals surface area contributed by atoms with E-state index in [1.54, 1.807) is 4.68 Å². The van der Waals surface area contributed by atoms with Crippen LogP contribution in [0.4, 0.5) is 0 Å². The summed E-state index contributed by atoms with van der Waals surface area (Å²) >= 11 is 0. The van der Waals surface area contributed by atoms with Gasteiger partial charge in [-0.2, -0.15) is 0 Å². The van der Waals surface area contributed by atoms with E-state index < -0.39 is 0 Å². The van der Waals surface area contributed by atoms with E-state index in [0.717, 1.165) is 22.5 Å². The molecule has 0 bridgehead atoms. The summed E-state index contributed by atoms with van der Waals surface area (Å²) in [5, 5.41) is 0. The maximum Gasteiger partial charge on any atom is 0.234 e. The molecule has 0 unspecified atom stereocenters. The van der Waals surface area contributed by atoms with Gasteiger partial charge in [-0.05, 0) is 12.1 Å². The molecule has 2 aromatic heterocycles. The second kappa shape index (κ2) is 3.03. The molecule has 1 aromatic carbocycles. The summed E-state index contributed by atoms with van der Waals surface area (Å²) < 4.78 is 3.69. The molecule has 4 heteroatoms. The van der Waals surface area contributed by atoms with Gasteiger partial charge in [0.15, 0.2) is 0 Å². The van der Waals surface area contributed by atoms with Crippen molar-refractivity contribution in [3.8, 4) is 0 Å². The highest BCUT2D eigenvalue weighted by atomic mass is 15.4. The first-order valence-electron chi connectivity index (χ1n) is 5.72. The summed E-state index contributed by atoms with van der Waals surface area (Å²) in [5.74, 6) is 6.85. The van der Waals surface area contributed by atoms with Gasteiger partial charge >= 0.3 is 0 Å². The average molecular weight is 228 g/mol. The van der Waals surface area contributed by atoms with Crippen LogP contribution in [0.15, 0.2) is 30.5 Å². The Balaban J connectivity index is 2.42. The van der Waals surface area contributed by atoms with Crippen LogP contribution >= 0.6 is 0 Å². The number of rotatable bonds is 0. The fourth-order valence-corrected chi connectivity index (χ4v) is 2.06. The van der Waals surface area contributed by atoms with Crippen LogP contribution in [0.2, 0.25) is 0 Å². The Morgan fingerprint density at radius 3 is 2.41 bits per heavy atom. The SMILES string of the molecule is CC(C)(C)c1cn2c3ccccc3n(N)c2n1. The van der Waals surface area contributed by atoms with Gasteiger partial charge in [0.1, 0.15) is 0 Å². The minimum atomic E-state index is 0.0348. The van der Waals surface area contributed by atoms with E-state index in [-0.39, 0.29) is 5.41 Å². The van der Waals surface area contributed by atoms with Crippen LogP contribution in [0.25, 0.3) is 16.8 Å². The van der Waals surface area contributed by atoms with Gasteiger partial charge in [0.2, 0.25) is 5.78 Å². The van der Waals surface area contributed by atoms with Gasteiger partial charge in [0.25, 0.3) is 0 Å². The number of nitrogens with zero attached hydrogens (tertiary/aromatic N) is 3. The van der Waals surface area contributed by atoms with Crippen molar-refractivity contribution in [2.24, 2.45) is 0 Å². The van der Waals surface area contributed by atoms with Crippen LogP contribution in [-0.2, 0) is 5.41 Å². The lowest BCUT2D eigenvalue weighted by molar-refractivity contribution is 0.572. The molecule has 3 rings (SSSR count). The summed E-state index contributed by atoms with van der Waals surface area (Å²) in [6, 6.07) is 8.05. The zero-order valence-electron chi connectivity index (χ0n) is 10.3. The molecule has 0 aliphatic rings. The van der Waals surface area contributed by atoms with Gasteiger partial charge in [-0.25, -0.2) is 9.66 Å². The zero-order valence-corrected chi connectivity index (χ0v) is 10.3. The topological polar surface area (TPSA) is 48.2 Å². The van der Waals surface area contributed by atoms with Gasteiger partial charge in [0.05, 0.1) is 16.7 Å². The number of aromatic nitrogens is 3. The van der Waals surface area contributed by atoms with Crippen molar-refractivity contribution in [2.45, 2.75) is 26.2 Å². The molecule has 0 fully saturated rings. The number of hydrogen-bond donors (Lipinski definition) is 1. The van der Waals surface area contributed by atoms with Crippen LogP contribution in [-0.4, -0.2) is 14.1 Å². The molecule has 0 radical (unpaired) electrons. The highest BCUT2D eigenvalue weighted by molar-refractivity contribution is 5.81. The van der Waals surface area contributed by atoms with E-state index in [9.17, 15) is 0 Å². The van der Waals surface area contributed by atoms with Gasteiger partial charge < -0.3 is 5.84 Å². The van der Waals surface area contributed by atoms with Crippen LogP contribution in [0.5, 0.6) is 0 Å². The molecular formula is C13H16N4. The third kappa shape index (κ3) is 1.33. The Morgan fingerprint density at radius 2 is 1.76 bits per heavy atom. The van der Waals surface area contributed by atoms with Crippen molar-refractivity contribution in [1.82, 2.24) is 14.1 Å². The maximum atomic E-state index is 6.06.